The zero-order valence-electron chi connectivity index (χ0n) is 5.48. The van der Waals surface area contributed by atoms with Crippen LogP contribution in [0, 0.1) is 5.21 Å². The summed E-state index contributed by atoms with van der Waals surface area (Å²) < 4.78 is 10.1. The van der Waals surface area contributed by atoms with Gasteiger partial charge in [-0.3, -0.25) is 14.7 Å². The summed E-state index contributed by atoms with van der Waals surface area (Å²) in [6.07, 6.45) is -0.611. The predicted molar refractivity (Wildman–Crippen MR) is 36.4 cm³/mol. The molecule has 0 aliphatic heterocycles. The van der Waals surface area contributed by atoms with Crippen LogP contribution in [-0.2, 0) is 9.36 Å². The van der Waals surface area contributed by atoms with Gasteiger partial charge in [-0.25, -0.2) is 0 Å². The molecule has 0 heterocycles. The summed E-state index contributed by atoms with van der Waals surface area (Å²) in [5.74, 6) is -0.863. The van der Waals surface area contributed by atoms with Crippen LogP contribution < -0.4 is 10.8 Å². The molecule has 0 fully saturated rings. The molecule has 0 rings (SSSR count). The Labute approximate surface area is 62.5 Å². The fourth-order valence-corrected chi connectivity index (χ4v) is 0.754. The van der Waals surface area contributed by atoms with Gasteiger partial charge in [0.05, 0.1) is 12.8 Å². The van der Waals surface area contributed by atoms with Crippen molar-refractivity contribution in [3.05, 3.63) is 5.21 Å². The van der Waals surface area contributed by atoms with Crippen LogP contribution in [0.25, 0.3) is 0 Å². The summed E-state index contributed by atoms with van der Waals surface area (Å²) in [6, 6.07) is 0. The van der Waals surface area contributed by atoms with Crippen LogP contribution in [0.4, 0.5) is 0 Å². The number of amides is 1. The van der Waals surface area contributed by atoms with Crippen molar-refractivity contribution in [1.29, 1.82) is 0 Å². The van der Waals surface area contributed by atoms with Gasteiger partial charge in [0.1, 0.15) is 0 Å². The minimum absolute atomic E-state index is 0.394. The van der Waals surface area contributed by atoms with Crippen LogP contribution in [0.15, 0.2) is 0 Å². The van der Waals surface area contributed by atoms with Crippen molar-refractivity contribution in [1.82, 2.24) is 10.8 Å². The minimum atomic E-state index is -4.13. The molecule has 8 heteroatoms. The van der Waals surface area contributed by atoms with E-state index >= 15 is 0 Å². The highest BCUT2D eigenvalue weighted by Crippen LogP contribution is 2.31. The number of rotatable bonds is 4. The molecule has 11 heavy (non-hydrogen) atoms. The Hall–Kier alpha value is -0.460. The summed E-state index contributed by atoms with van der Waals surface area (Å²) in [5, 5.41) is 11.7. The molecule has 66 valence electrons. The monoisotopic (exact) mass is 183 g/mol. The molecule has 0 atom stereocenters. The average molecular weight is 183 g/mol. The van der Waals surface area contributed by atoms with E-state index in [-0.39, 0.29) is 0 Å². The van der Waals surface area contributed by atoms with E-state index in [4.69, 9.17) is 9.79 Å². The van der Waals surface area contributed by atoms with Crippen molar-refractivity contribution in [3.8, 4) is 0 Å². The van der Waals surface area contributed by atoms with Crippen molar-refractivity contribution in [2.45, 2.75) is 0 Å². The number of nitrogens with one attached hydrogen (secondary N) is 2. The topological polar surface area (TPSA) is 122 Å². The highest BCUT2D eigenvalue weighted by molar-refractivity contribution is 7.51. The van der Waals surface area contributed by atoms with Crippen LogP contribution in [0.5, 0.6) is 0 Å². The molecule has 0 unspecified atom stereocenters. The third kappa shape index (κ3) is 7.44. The molecule has 1 amide bonds. The maximum atomic E-state index is 10.2. The van der Waals surface area contributed by atoms with Crippen molar-refractivity contribution in [3.63, 3.8) is 0 Å². The molecule has 0 aromatic rings. The average Bonchev–Trinajstić information content (AvgIpc) is 1.85. The first-order valence-electron chi connectivity index (χ1n) is 2.62. The maximum Gasteiger partial charge on any atom is 0.339 e. The fourth-order valence-electron chi connectivity index (χ4n) is 0.351. The third-order valence-electron chi connectivity index (χ3n) is 0.717. The van der Waals surface area contributed by atoms with Crippen LogP contribution in [0.1, 0.15) is 0 Å². The zero-order chi connectivity index (χ0) is 8.91. The largest absolute Gasteiger partial charge is 0.759 e. The van der Waals surface area contributed by atoms with Gasteiger partial charge >= 0.3 is 7.60 Å². The first kappa shape index (κ1) is 10.5. The molecule has 0 spiro atoms. The number of hydrogen-bond acceptors (Lipinski definition) is 4. The van der Waals surface area contributed by atoms with Gasteiger partial charge in [0.2, 0.25) is 5.91 Å². The molecule has 0 saturated carbocycles. The highest BCUT2D eigenvalue weighted by atomic mass is 31.2. The van der Waals surface area contributed by atoms with E-state index in [1.165, 1.54) is 0 Å². The van der Waals surface area contributed by atoms with Gasteiger partial charge in [-0.15, -0.1) is 0 Å². The van der Waals surface area contributed by atoms with Gasteiger partial charge in [0.15, 0.2) is 0 Å². The summed E-state index contributed by atoms with van der Waals surface area (Å²) in [4.78, 5) is 26.6. The lowest BCUT2D eigenvalue weighted by Crippen LogP contribution is -2.30. The van der Waals surface area contributed by atoms with Gasteiger partial charge in [0, 0.05) is 0 Å². The molecule has 0 saturated heterocycles. The summed E-state index contributed by atoms with van der Waals surface area (Å²) in [7, 11) is -4.13. The SMILES string of the molecule is O=C(CNCP(=O)(O)O)N[O-]. The van der Waals surface area contributed by atoms with Gasteiger partial charge < -0.3 is 20.5 Å². The molecule has 0 bridgehead atoms. The van der Waals surface area contributed by atoms with E-state index in [0.29, 0.717) is 0 Å². The lowest BCUT2D eigenvalue weighted by atomic mass is 10.6. The fraction of sp³-hybridized carbons (Fsp3) is 0.667. The third-order valence-corrected chi connectivity index (χ3v) is 1.35. The van der Waals surface area contributed by atoms with E-state index in [9.17, 15) is 14.6 Å². The van der Waals surface area contributed by atoms with E-state index in [2.05, 4.69) is 5.32 Å². The molecule has 7 nitrogen and oxygen atoms in total. The number of hydrogen-bond donors (Lipinski definition) is 4. The van der Waals surface area contributed by atoms with Crippen molar-refractivity contribution >= 4 is 13.5 Å². The molecule has 0 radical (unpaired) electrons. The van der Waals surface area contributed by atoms with Crippen LogP contribution in [-0.4, -0.2) is 28.5 Å². The standard InChI is InChI=1S/C3H8N2O5P/c6-3(5-7)1-4-2-11(8,9)10/h4H,1-2H2,(H3-,5,6,7,8,9,10)/q-1. The first-order chi connectivity index (χ1) is 4.95. The molecule has 0 aromatic carbocycles. The molecule has 0 aliphatic carbocycles. The van der Waals surface area contributed by atoms with Crippen molar-refractivity contribution < 1.29 is 19.1 Å². The predicted octanol–water partition coefficient (Wildman–Crippen LogP) is -1.67. The van der Waals surface area contributed by atoms with Gasteiger partial charge in [0.25, 0.3) is 0 Å². The quantitative estimate of drug-likeness (QED) is 0.305. The Balaban J connectivity index is 3.43. The van der Waals surface area contributed by atoms with E-state index in [1.54, 1.807) is 0 Å². The Kier molecular flexibility index (Phi) is 4.24. The Bertz CT molecular complexity index is 177. The summed E-state index contributed by atoms with van der Waals surface area (Å²) >= 11 is 0. The molecule has 0 aliphatic rings. The van der Waals surface area contributed by atoms with Crippen LogP contribution >= 0.6 is 7.60 Å². The second-order valence-electron chi connectivity index (χ2n) is 1.77. The van der Waals surface area contributed by atoms with E-state index in [0.717, 1.165) is 5.48 Å². The van der Waals surface area contributed by atoms with Crippen molar-refractivity contribution in [2.24, 2.45) is 0 Å². The van der Waals surface area contributed by atoms with E-state index < -0.39 is 26.3 Å². The lowest BCUT2D eigenvalue weighted by Gasteiger charge is -2.08. The summed E-state index contributed by atoms with van der Waals surface area (Å²) in [5.41, 5.74) is 1.05. The Morgan fingerprint density at radius 3 is 2.45 bits per heavy atom. The molecular formula is C3H8N2O5P-. The molecular weight excluding hydrogens is 175 g/mol. The molecule has 4 N–H and O–H groups in total. The van der Waals surface area contributed by atoms with Crippen LogP contribution in [0.2, 0.25) is 0 Å². The van der Waals surface area contributed by atoms with Crippen LogP contribution in [0.3, 0.4) is 0 Å². The smallest absolute Gasteiger partial charge is 0.339 e. The van der Waals surface area contributed by atoms with E-state index in [1.807, 2.05) is 0 Å². The highest BCUT2D eigenvalue weighted by Gasteiger charge is 2.11. The van der Waals surface area contributed by atoms with Gasteiger partial charge in [-0.1, -0.05) is 0 Å². The molecule has 0 aromatic heterocycles. The van der Waals surface area contributed by atoms with Crippen molar-refractivity contribution in [2.75, 3.05) is 12.8 Å². The normalized spacial score (nSPS) is 11.2. The second-order valence-corrected chi connectivity index (χ2v) is 3.42. The number of hydroxylamine groups is 1. The first-order valence-corrected chi connectivity index (χ1v) is 4.42. The lowest BCUT2D eigenvalue weighted by molar-refractivity contribution is -0.119. The van der Waals surface area contributed by atoms with Gasteiger partial charge in [-0.2, -0.15) is 0 Å². The zero-order valence-corrected chi connectivity index (χ0v) is 6.38. The Morgan fingerprint density at radius 1 is 1.55 bits per heavy atom. The summed E-state index contributed by atoms with van der Waals surface area (Å²) in [6.45, 7) is -0.394. The number of carbonyl (C=O) groups is 1. The Morgan fingerprint density at radius 2 is 2.09 bits per heavy atom. The minimum Gasteiger partial charge on any atom is -0.759 e. The second kappa shape index (κ2) is 4.42. The van der Waals surface area contributed by atoms with Gasteiger partial charge in [-0.05, 0) is 0 Å². The number of carbonyl (C=O) groups excluding carboxylic acids is 1. The maximum absolute atomic E-state index is 10.2.